The quantitative estimate of drug-likeness (QED) is 0.869. The molecule has 4 nitrogen and oxygen atoms in total. The molecule has 0 aliphatic carbocycles. The Labute approximate surface area is 98.7 Å². The average molecular weight is 238 g/mol. The topological polar surface area (TPSA) is 53.4 Å². The van der Waals surface area contributed by atoms with Crippen LogP contribution >= 0.6 is 11.8 Å². The van der Waals surface area contributed by atoms with Crippen molar-refractivity contribution in [2.45, 2.75) is 12.5 Å². The summed E-state index contributed by atoms with van der Waals surface area (Å²) in [6, 6.07) is 3.89. The molecule has 1 aromatic heterocycles. The summed E-state index contributed by atoms with van der Waals surface area (Å²) in [5.41, 5.74) is 0.234. The van der Waals surface area contributed by atoms with Gasteiger partial charge in [0.15, 0.2) is 0 Å². The molecule has 5 heteroatoms. The Hall–Kier alpha value is -1.23. The number of thioether (sulfide) groups is 1. The molecule has 1 unspecified atom stereocenters. The number of nitrogens with zero attached hydrogens (tertiary/aromatic N) is 2. The minimum atomic E-state index is -0.932. The van der Waals surface area contributed by atoms with Gasteiger partial charge >= 0.3 is 5.97 Å². The second-order valence-corrected chi connectivity index (χ2v) is 4.99. The van der Waals surface area contributed by atoms with Crippen molar-refractivity contribution in [1.82, 2.24) is 4.98 Å². The molecule has 1 atom stereocenters. The fourth-order valence-corrected chi connectivity index (χ4v) is 3.00. The molecule has 0 aromatic carbocycles. The number of pyridine rings is 1. The van der Waals surface area contributed by atoms with Crippen LogP contribution in [0.25, 0.3) is 0 Å². The molecule has 1 aliphatic heterocycles. The number of hydrogen-bond donors (Lipinski definition) is 1. The summed E-state index contributed by atoms with van der Waals surface area (Å²) >= 11 is 1.95. The molecule has 1 N–H and O–H groups in total. The lowest BCUT2D eigenvalue weighted by Crippen LogP contribution is -2.31. The first-order valence-corrected chi connectivity index (χ1v) is 6.34. The zero-order valence-electron chi connectivity index (χ0n) is 9.09. The van der Waals surface area contributed by atoms with Gasteiger partial charge in [-0.3, -0.25) is 0 Å². The van der Waals surface area contributed by atoms with Crippen molar-refractivity contribution in [2.24, 2.45) is 0 Å². The van der Waals surface area contributed by atoms with Crippen molar-refractivity contribution in [2.75, 3.05) is 23.5 Å². The first-order valence-electron chi connectivity index (χ1n) is 5.18. The molecule has 1 aromatic rings. The van der Waals surface area contributed by atoms with Gasteiger partial charge in [-0.2, -0.15) is 11.8 Å². The van der Waals surface area contributed by atoms with Crippen LogP contribution in [0.2, 0.25) is 0 Å². The third kappa shape index (κ3) is 2.29. The largest absolute Gasteiger partial charge is 0.478 e. The highest BCUT2D eigenvalue weighted by molar-refractivity contribution is 7.99. The molecule has 86 valence electrons. The third-order valence-corrected chi connectivity index (χ3v) is 3.95. The maximum absolute atomic E-state index is 10.7. The summed E-state index contributed by atoms with van der Waals surface area (Å²) in [5, 5.41) is 8.77. The van der Waals surface area contributed by atoms with Crippen molar-refractivity contribution >= 4 is 23.5 Å². The van der Waals surface area contributed by atoms with E-state index in [9.17, 15) is 4.79 Å². The van der Waals surface area contributed by atoms with Crippen LogP contribution in [0.4, 0.5) is 5.82 Å². The van der Waals surface area contributed by atoms with E-state index in [0.717, 1.165) is 11.6 Å². The fraction of sp³-hybridized carbons (Fsp3) is 0.455. The van der Waals surface area contributed by atoms with E-state index >= 15 is 0 Å². The molecule has 0 amide bonds. The van der Waals surface area contributed by atoms with Gasteiger partial charge in [0.05, 0.1) is 5.56 Å². The molecular formula is C11H14N2O2S. The normalized spacial score (nSPS) is 19.7. The average Bonchev–Trinajstić information content (AvgIpc) is 2.81. The van der Waals surface area contributed by atoms with Crippen LogP contribution in [0.3, 0.4) is 0 Å². The lowest BCUT2D eigenvalue weighted by molar-refractivity contribution is 0.0696. The van der Waals surface area contributed by atoms with E-state index in [1.165, 1.54) is 18.4 Å². The minimum Gasteiger partial charge on any atom is -0.478 e. The van der Waals surface area contributed by atoms with Crippen LogP contribution in [-0.4, -0.2) is 40.7 Å². The Morgan fingerprint density at radius 2 is 2.44 bits per heavy atom. The number of hydrogen-bond acceptors (Lipinski definition) is 4. The van der Waals surface area contributed by atoms with E-state index in [1.807, 2.05) is 18.8 Å². The number of carbonyl (C=O) groups is 1. The zero-order chi connectivity index (χ0) is 11.5. The number of carboxylic acid groups (broad SMARTS) is 1. The monoisotopic (exact) mass is 238 g/mol. The van der Waals surface area contributed by atoms with Crippen molar-refractivity contribution in [3.63, 3.8) is 0 Å². The highest BCUT2D eigenvalue weighted by Gasteiger charge is 2.21. The van der Waals surface area contributed by atoms with Gasteiger partial charge in [-0.25, -0.2) is 9.78 Å². The van der Waals surface area contributed by atoms with E-state index in [0.29, 0.717) is 6.04 Å². The first kappa shape index (κ1) is 11.3. The van der Waals surface area contributed by atoms with Crippen molar-refractivity contribution in [3.8, 4) is 0 Å². The number of aromatic carboxylic acids is 1. The Bertz CT molecular complexity index is 374. The molecule has 1 fully saturated rings. The van der Waals surface area contributed by atoms with E-state index in [1.54, 1.807) is 12.1 Å². The predicted molar refractivity (Wildman–Crippen MR) is 65.3 cm³/mol. The summed E-state index contributed by atoms with van der Waals surface area (Å²) in [7, 11) is 2.01. The van der Waals surface area contributed by atoms with Gasteiger partial charge in [-0.05, 0) is 24.3 Å². The molecule has 1 saturated heterocycles. The smallest absolute Gasteiger partial charge is 0.337 e. The van der Waals surface area contributed by atoms with Gasteiger partial charge in [-0.15, -0.1) is 0 Å². The van der Waals surface area contributed by atoms with E-state index in [-0.39, 0.29) is 5.56 Å². The molecule has 16 heavy (non-hydrogen) atoms. The van der Waals surface area contributed by atoms with Crippen molar-refractivity contribution < 1.29 is 9.90 Å². The van der Waals surface area contributed by atoms with Gasteiger partial charge < -0.3 is 10.0 Å². The summed E-state index contributed by atoms with van der Waals surface area (Å²) in [6.45, 7) is 0. The van der Waals surface area contributed by atoms with Crippen molar-refractivity contribution in [3.05, 3.63) is 23.9 Å². The summed E-state index contributed by atoms with van der Waals surface area (Å²) in [5.74, 6) is 2.23. The Morgan fingerprint density at radius 1 is 1.62 bits per heavy atom. The van der Waals surface area contributed by atoms with Gasteiger partial charge in [0.1, 0.15) is 5.82 Å². The molecule has 0 spiro atoms. The molecule has 2 heterocycles. The standard InChI is InChI=1S/C11H14N2O2S/c1-13(9-4-5-16-7-9)10-3-2-8(6-12-10)11(14)15/h2-3,6,9H,4-5,7H2,1H3,(H,14,15). The number of rotatable bonds is 3. The van der Waals surface area contributed by atoms with Gasteiger partial charge in [0, 0.05) is 25.0 Å². The van der Waals surface area contributed by atoms with Crippen LogP contribution in [0.1, 0.15) is 16.8 Å². The van der Waals surface area contributed by atoms with Crippen LogP contribution in [0, 0.1) is 0 Å². The van der Waals surface area contributed by atoms with Gasteiger partial charge in [0.2, 0.25) is 0 Å². The molecule has 0 radical (unpaired) electrons. The fourth-order valence-electron chi connectivity index (χ4n) is 1.74. The molecule has 1 aliphatic rings. The second-order valence-electron chi connectivity index (χ2n) is 3.84. The molecule has 2 rings (SSSR count). The lowest BCUT2D eigenvalue weighted by Gasteiger charge is -2.24. The minimum absolute atomic E-state index is 0.234. The second kappa shape index (κ2) is 4.74. The van der Waals surface area contributed by atoms with Crippen molar-refractivity contribution in [1.29, 1.82) is 0 Å². The van der Waals surface area contributed by atoms with Gasteiger partial charge in [-0.1, -0.05) is 0 Å². The number of anilines is 1. The van der Waals surface area contributed by atoms with Crippen LogP contribution in [0.5, 0.6) is 0 Å². The SMILES string of the molecule is CN(c1ccc(C(=O)O)cn1)C1CCSC1. The van der Waals surface area contributed by atoms with E-state index in [2.05, 4.69) is 9.88 Å². The first-order chi connectivity index (χ1) is 7.68. The molecule has 0 bridgehead atoms. The zero-order valence-corrected chi connectivity index (χ0v) is 9.91. The summed E-state index contributed by atoms with van der Waals surface area (Å²) < 4.78 is 0. The van der Waals surface area contributed by atoms with E-state index < -0.39 is 5.97 Å². The summed E-state index contributed by atoms with van der Waals surface area (Å²) in [6.07, 6.45) is 2.58. The third-order valence-electron chi connectivity index (χ3n) is 2.81. The summed E-state index contributed by atoms with van der Waals surface area (Å²) in [4.78, 5) is 17.0. The maximum Gasteiger partial charge on any atom is 0.337 e. The molecule has 0 saturated carbocycles. The Morgan fingerprint density at radius 3 is 2.94 bits per heavy atom. The van der Waals surface area contributed by atoms with E-state index in [4.69, 9.17) is 5.11 Å². The highest BCUT2D eigenvalue weighted by Crippen LogP contribution is 2.24. The van der Waals surface area contributed by atoms with Crippen LogP contribution in [0.15, 0.2) is 18.3 Å². The van der Waals surface area contributed by atoms with Crippen LogP contribution in [-0.2, 0) is 0 Å². The predicted octanol–water partition coefficient (Wildman–Crippen LogP) is 1.72. The number of aromatic nitrogens is 1. The lowest BCUT2D eigenvalue weighted by atomic mass is 10.2. The van der Waals surface area contributed by atoms with Gasteiger partial charge in [0.25, 0.3) is 0 Å². The number of carboxylic acids is 1. The van der Waals surface area contributed by atoms with Crippen LogP contribution < -0.4 is 4.90 Å². The molecular weight excluding hydrogens is 224 g/mol. The highest BCUT2D eigenvalue weighted by atomic mass is 32.2. The Balaban J connectivity index is 2.11. The maximum atomic E-state index is 10.7. The Kier molecular flexibility index (Phi) is 3.33.